The van der Waals surface area contributed by atoms with Crippen LogP contribution in [0.15, 0.2) is 18.2 Å². The van der Waals surface area contributed by atoms with Crippen molar-refractivity contribution in [3.63, 3.8) is 0 Å². The highest BCUT2D eigenvalue weighted by molar-refractivity contribution is 5.63. The number of nitrogens with zero attached hydrogens (tertiary/aromatic N) is 4. The third-order valence-electron chi connectivity index (χ3n) is 4.09. The summed E-state index contributed by atoms with van der Waals surface area (Å²) in [6.07, 6.45) is 1.82. The van der Waals surface area contributed by atoms with Crippen LogP contribution < -0.4 is 5.73 Å². The maximum Gasteiger partial charge on any atom is 0.182 e. The largest absolute Gasteiger partial charge is 0.398 e. The molecule has 1 fully saturated rings. The Labute approximate surface area is 117 Å². The highest BCUT2D eigenvalue weighted by Gasteiger charge is 2.33. The van der Waals surface area contributed by atoms with Gasteiger partial charge in [0.25, 0.3) is 0 Å². The number of benzene rings is 1. The van der Waals surface area contributed by atoms with E-state index in [0.29, 0.717) is 0 Å². The third-order valence-corrected chi connectivity index (χ3v) is 4.09. The van der Waals surface area contributed by atoms with Gasteiger partial charge in [0.2, 0.25) is 0 Å². The van der Waals surface area contributed by atoms with E-state index in [1.165, 1.54) is 0 Å². The van der Waals surface area contributed by atoms with Crippen molar-refractivity contribution in [2.45, 2.75) is 32.2 Å². The Morgan fingerprint density at radius 1 is 1.30 bits per heavy atom. The molecular weight excluding hydrogens is 254 g/mol. The molecule has 1 aromatic heterocycles. The molecule has 1 saturated heterocycles. The molecule has 1 aliphatic heterocycles. The van der Waals surface area contributed by atoms with Crippen LogP contribution in [0.5, 0.6) is 0 Å². The normalized spacial score (nSPS) is 18.1. The number of rotatable bonds is 2. The van der Waals surface area contributed by atoms with Crippen LogP contribution in [0.4, 0.5) is 5.69 Å². The summed E-state index contributed by atoms with van der Waals surface area (Å²) in [5.74, 6) is 0.765. The van der Waals surface area contributed by atoms with Crippen LogP contribution in [0.2, 0.25) is 0 Å². The molecular formula is C14H19N5O. The number of tetrazole rings is 1. The molecule has 0 amide bonds. The summed E-state index contributed by atoms with van der Waals surface area (Å²) >= 11 is 0. The van der Waals surface area contributed by atoms with E-state index in [-0.39, 0.29) is 5.54 Å². The Bertz CT molecular complexity index is 616. The fourth-order valence-electron chi connectivity index (χ4n) is 2.53. The summed E-state index contributed by atoms with van der Waals surface area (Å²) in [6, 6.07) is 5.94. The van der Waals surface area contributed by atoms with Gasteiger partial charge in [0, 0.05) is 24.5 Å². The quantitative estimate of drug-likeness (QED) is 0.843. The van der Waals surface area contributed by atoms with Crippen LogP contribution in [0.25, 0.3) is 11.4 Å². The first kappa shape index (κ1) is 13.1. The molecule has 1 aromatic carbocycles. The summed E-state index contributed by atoms with van der Waals surface area (Å²) in [6.45, 7) is 5.65. The summed E-state index contributed by atoms with van der Waals surface area (Å²) in [4.78, 5) is 0. The van der Waals surface area contributed by atoms with Gasteiger partial charge in [-0.1, -0.05) is 12.1 Å². The van der Waals surface area contributed by atoms with Crippen LogP contribution in [-0.2, 0) is 10.3 Å². The minimum absolute atomic E-state index is 0.100. The number of nitrogens with two attached hydrogens (primary N) is 1. The number of ether oxygens (including phenoxy) is 1. The second kappa shape index (κ2) is 4.86. The van der Waals surface area contributed by atoms with Crippen LogP contribution in [-0.4, -0.2) is 33.4 Å². The smallest absolute Gasteiger partial charge is 0.182 e. The average molecular weight is 273 g/mol. The van der Waals surface area contributed by atoms with Crippen molar-refractivity contribution < 1.29 is 4.74 Å². The molecule has 0 aliphatic carbocycles. The van der Waals surface area contributed by atoms with E-state index in [9.17, 15) is 0 Å². The number of aromatic nitrogens is 4. The second-order valence-corrected chi connectivity index (χ2v) is 5.59. The monoisotopic (exact) mass is 273 g/mol. The molecule has 0 atom stereocenters. The van der Waals surface area contributed by atoms with Crippen molar-refractivity contribution in [2.75, 3.05) is 18.9 Å². The van der Waals surface area contributed by atoms with Gasteiger partial charge in [0.05, 0.1) is 5.54 Å². The zero-order valence-electron chi connectivity index (χ0n) is 11.8. The Hall–Kier alpha value is -1.95. The van der Waals surface area contributed by atoms with Gasteiger partial charge in [0.15, 0.2) is 5.82 Å². The molecule has 20 heavy (non-hydrogen) atoms. The molecule has 3 rings (SSSR count). The van der Waals surface area contributed by atoms with Gasteiger partial charge in [-0.15, -0.1) is 5.10 Å². The van der Waals surface area contributed by atoms with E-state index >= 15 is 0 Å². The lowest BCUT2D eigenvalue weighted by Crippen LogP contribution is -2.38. The van der Waals surface area contributed by atoms with Gasteiger partial charge in [-0.05, 0) is 48.7 Å². The van der Waals surface area contributed by atoms with E-state index in [2.05, 4.69) is 22.4 Å². The standard InChI is InChI=1S/C14H19N5O/c1-10-3-4-11(9-12(10)15)13-16-17-18-19(13)14(2)5-7-20-8-6-14/h3-4,9H,5-8,15H2,1-2H3. The van der Waals surface area contributed by atoms with Crippen LogP contribution in [0.1, 0.15) is 25.3 Å². The molecule has 106 valence electrons. The predicted octanol–water partition coefficient (Wildman–Crippen LogP) is 1.76. The molecule has 0 spiro atoms. The summed E-state index contributed by atoms with van der Waals surface area (Å²) in [5, 5.41) is 12.2. The SMILES string of the molecule is Cc1ccc(-c2nnnn2C2(C)CCOCC2)cc1N. The predicted molar refractivity (Wildman–Crippen MR) is 76.1 cm³/mol. The molecule has 2 N–H and O–H groups in total. The zero-order valence-corrected chi connectivity index (χ0v) is 11.8. The molecule has 0 saturated carbocycles. The maximum absolute atomic E-state index is 5.99. The second-order valence-electron chi connectivity index (χ2n) is 5.59. The lowest BCUT2D eigenvalue weighted by atomic mass is 9.92. The lowest BCUT2D eigenvalue weighted by molar-refractivity contribution is 0.0240. The van der Waals surface area contributed by atoms with E-state index in [1.807, 2.05) is 29.8 Å². The number of hydrogen-bond donors (Lipinski definition) is 1. The number of aryl methyl sites for hydroxylation is 1. The molecule has 0 radical (unpaired) electrons. The minimum Gasteiger partial charge on any atom is -0.398 e. The Morgan fingerprint density at radius 3 is 2.75 bits per heavy atom. The molecule has 6 nitrogen and oxygen atoms in total. The van der Waals surface area contributed by atoms with Crippen LogP contribution >= 0.6 is 0 Å². The third kappa shape index (κ3) is 2.16. The highest BCUT2D eigenvalue weighted by Crippen LogP contribution is 2.32. The van der Waals surface area contributed by atoms with E-state index in [0.717, 1.165) is 48.7 Å². The summed E-state index contributed by atoms with van der Waals surface area (Å²) < 4.78 is 7.36. The van der Waals surface area contributed by atoms with Crippen molar-refractivity contribution in [1.82, 2.24) is 20.2 Å². The Balaban J connectivity index is 2.03. The number of nitrogen functional groups attached to an aromatic ring is 1. The fraction of sp³-hybridized carbons (Fsp3) is 0.500. The van der Waals surface area contributed by atoms with E-state index < -0.39 is 0 Å². The van der Waals surface area contributed by atoms with Crippen molar-refractivity contribution >= 4 is 5.69 Å². The Kier molecular flexibility index (Phi) is 3.17. The highest BCUT2D eigenvalue weighted by atomic mass is 16.5. The van der Waals surface area contributed by atoms with Gasteiger partial charge in [-0.2, -0.15) is 0 Å². The van der Waals surface area contributed by atoms with Crippen molar-refractivity contribution in [3.8, 4) is 11.4 Å². The van der Waals surface area contributed by atoms with Gasteiger partial charge in [0.1, 0.15) is 0 Å². The fourth-order valence-corrected chi connectivity index (χ4v) is 2.53. The van der Waals surface area contributed by atoms with Crippen molar-refractivity contribution in [3.05, 3.63) is 23.8 Å². The molecule has 6 heteroatoms. The molecule has 0 bridgehead atoms. The maximum atomic E-state index is 5.99. The van der Waals surface area contributed by atoms with Gasteiger partial charge in [-0.25, -0.2) is 4.68 Å². The topological polar surface area (TPSA) is 78.8 Å². The van der Waals surface area contributed by atoms with Crippen molar-refractivity contribution in [2.24, 2.45) is 0 Å². The molecule has 0 unspecified atom stereocenters. The van der Waals surface area contributed by atoms with Crippen molar-refractivity contribution in [1.29, 1.82) is 0 Å². The van der Waals surface area contributed by atoms with E-state index in [4.69, 9.17) is 10.5 Å². The first-order valence-corrected chi connectivity index (χ1v) is 6.83. The van der Waals surface area contributed by atoms with Crippen LogP contribution in [0.3, 0.4) is 0 Å². The summed E-state index contributed by atoms with van der Waals surface area (Å²) in [5.41, 5.74) is 8.66. The van der Waals surface area contributed by atoms with Gasteiger partial charge < -0.3 is 10.5 Å². The molecule has 2 heterocycles. The van der Waals surface area contributed by atoms with Gasteiger partial charge >= 0.3 is 0 Å². The zero-order chi connectivity index (χ0) is 14.2. The summed E-state index contributed by atoms with van der Waals surface area (Å²) in [7, 11) is 0. The number of hydrogen-bond acceptors (Lipinski definition) is 5. The first-order valence-electron chi connectivity index (χ1n) is 6.83. The van der Waals surface area contributed by atoms with Gasteiger partial charge in [-0.3, -0.25) is 0 Å². The Morgan fingerprint density at radius 2 is 2.05 bits per heavy atom. The first-order chi connectivity index (χ1) is 9.60. The average Bonchev–Trinajstić information content (AvgIpc) is 2.93. The van der Waals surface area contributed by atoms with E-state index in [1.54, 1.807) is 0 Å². The van der Waals surface area contributed by atoms with Crippen LogP contribution in [0, 0.1) is 6.92 Å². The lowest BCUT2D eigenvalue weighted by Gasteiger charge is -2.33. The number of anilines is 1. The molecule has 1 aliphatic rings. The minimum atomic E-state index is -0.100. The molecule has 2 aromatic rings.